The summed E-state index contributed by atoms with van der Waals surface area (Å²) in [4.78, 5) is 25.3. The molecule has 198 valence electrons. The van der Waals surface area contributed by atoms with Gasteiger partial charge in [-0.3, -0.25) is 0 Å². The van der Waals surface area contributed by atoms with Crippen molar-refractivity contribution in [1.82, 2.24) is 0 Å². The van der Waals surface area contributed by atoms with Crippen molar-refractivity contribution in [3.63, 3.8) is 0 Å². The Morgan fingerprint density at radius 1 is 0.895 bits per heavy atom. The summed E-state index contributed by atoms with van der Waals surface area (Å²) in [6.45, 7) is 1.27. The van der Waals surface area contributed by atoms with Gasteiger partial charge < -0.3 is 29.5 Å². The van der Waals surface area contributed by atoms with Gasteiger partial charge in [0.15, 0.2) is 0 Å². The zero-order valence-corrected chi connectivity index (χ0v) is 20.9. The largest absolute Gasteiger partial charge is 0.504 e. The number of unbranched alkanes of at least 4 members (excludes halogenated alkanes) is 1. The third kappa shape index (κ3) is 4.76. The molecule has 38 heavy (non-hydrogen) atoms. The van der Waals surface area contributed by atoms with E-state index in [4.69, 9.17) is 14.2 Å². The molecule has 8 nitrogen and oxygen atoms in total. The molecule has 0 amide bonds. The Kier molecular flexibility index (Phi) is 8.14. The first-order valence-corrected chi connectivity index (χ1v) is 12.4. The van der Waals surface area contributed by atoms with Gasteiger partial charge in [-0.25, -0.2) is 9.59 Å². The topological polar surface area (TPSA) is 123 Å². The second kappa shape index (κ2) is 11.5. The van der Waals surface area contributed by atoms with Crippen molar-refractivity contribution in [2.45, 2.75) is 37.1 Å². The smallest absolute Gasteiger partial charge is 0.378 e. The van der Waals surface area contributed by atoms with Crippen LogP contribution in [0.1, 0.15) is 36.5 Å². The maximum Gasteiger partial charge on any atom is 0.378 e. The Morgan fingerprint density at radius 3 is 1.76 bits per heavy atom. The molecule has 0 unspecified atom stereocenters. The van der Waals surface area contributed by atoms with E-state index in [0.29, 0.717) is 12.8 Å². The zero-order chi connectivity index (χ0) is 27.2. The highest BCUT2D eigenvalue weighted by Gasteiger charge is 2.62. The number of aliphatic hydroxyl groups excluding tert-OH is 3. The van der Waals surface area contributed by atoms with E-state index in [1.165, 1.54) is 0 Å². The molecule has 3 aromatic carbocycles. The van der Waals surface area contributed by atoms with Gasteiger partial charge in [0.1, 0.15) is 11.7 Å². The molecule has 8 heteroatoms. The Labute approximate surface area is 220 Å². The number of aliphatic hydroxyl groups is 3. The maximum atomic E-state index is 13.1. The minimum Gasteiger partial charge on any atom is -0.504 e. The van der Waals surface area contributed by atoms with Gasteiger partial charge >= 0.3 is 11.9 Å². The maximum absolute atomic E-state index is 13.1. The number of hydrogen-bond acceptors (Lipinski definition) is 8. The van der Waals surface area contributed by atoms with E-state index in [-0.39, 0.29) is 6.61 Å². The van der Waals surface area contributed by atoms with Gasteiger partial charge in [-0.1, -0.05) is 104 Å². The standard InChI is InChI=1S/C30H30O8/c1-2-3-19-36-28(35)30(26(33)25(32)27(34)38-30)24(31)20-37-29(21-13-7-4-8-14-21,22-15-9-5-10-16-22)23-17-11-6-12-18-23/h4-18,24,31-33H,2-3,19-20H2,1H3/t24-,30+/m0/s1. The summed E-state index contributed by atoms with van der Waals surface area (Å²) in [5, 5.41) is 32.0. The molecule has 2 atom stereocenters. The zero-order valence-electron chi connectivity index (χ0n) is 20.9. The van der Waals surface area contributed by atoms with Crippen LogP contribution in [0, 0.1) is 0 Å². The summed E-state index contributed by atoms with van der Waals surface area (Å²) < 4.78 is 16.8. The van der Waals surface area contributed by atoms with Crippen LogP contribution in [-0.4, -0.2) is 52.2 Å². The van der Waals surface area contributed by atoms with Crippen LogP contribution in [0.15, 0.2) is 103 Å². The molecule has 0 saturated carbocycles. The van der Waals surface area contributed by atoms with Gasteiger partial charge in [-0.15, -0.1) is 0 Å². The van der Waals surface area contributed by atoms with Crippen LogP contribution in [-0.2, 0) is 29.4 Å². The van der Waals surface area contributed by atoms with Gasteiger partial charge in [-0.2, -0.15) is 0 Å². The van der Waals surface area contributed by atoms with E-state index in [1.807, 2.05) is 97.9 Å². The molecular weight excluding hydrogens is 488 g/mol. The van der Waals surface area contributed by atoms with Crippen LogP contribution < -0.4 is 0 Å². The molecule has 0 spiro atoms. The third-order valence-electron chi connectivity index (χ3n) is 6.53. The fourth-order valence-electron chi connectivity index (χ4n) is 4.52. The van der Waals surface area contributed by atoms with Crippen molar-refractivity contribution in [2.24, 2.45) is 0 Å². The first-order valence-electron chi connectivity index (χ1n) is 12.4. The molecule has 1 aliphatic rings. The molecule has 0 saturated heterocycles. The summed E-state index contributed by atoms with van der Waals surface area (Å²) in [6, 6.07) is 28.0. The predicted octanol–water partition coefficient (Wildman–Crippen LogP) is 4.32. The highest BCUT2D eigenvalue weighted by Crippen LogP contribution is 2.42. The van der Waals surface area contributed by atoms with Gasteiger partial charge in [-0.05, 0) is 23.1 Å². The molecule has 0 aliphatic carbocycles. The number of rotatable bonds is 11. The van der Waals surface area contributed by atoms with Crippen LogP contribution in [0.2, 0.25) is 0 Å². The predicted molar refractivity (Wildman–Crippen MR) is 138 cm³/mol. The number of carbonyl (C=O) groups excluding carboxylic acids is 2. The summed E-state index contributed by atoms with van der Waals surface area (Å²) in [7, 11) is 0. The average molecular weight is 519 g/mol. The first kappa shape index (κ1) is 26.9. The second-order valence-electron chi connectivity index (χ2n) is 8.92. The Morgan fingerprint density at radius 2 is 1.37 bits per heavy atom. The number of carbonyl (C=O) groups is 2. The minimum atomic E-state index is -2.68. The molecule has 0 radical (unpaired) electrons. The van der Waals surface area contributed by atoms with E-state index >= 15 is 0 Å². The second-order valence-corrected chi connectivity index (χ2v) is 8.92. The Balaban J connectivity index is 1.78. The van der Waals surface area contributed by atoms with Crippen molar-refractivity contribution < 1.29 is 39.1 Å². The molecule has 0 fully saturated rings. The summed E-state index contributed by atoms with van der Waals surface area (Å²) in [5.74, 6) is -4.85. The summed E-state index contributed by atoms with van der Waals surface area (Å²) in [5.41, 5.74) is -1.74. The molecule has 1 aliphatic heterocycles. The van der Waals surface area contributed by atoms with Crippen molar-refractivity contribution in [1.29, 1.82) is 0 Å². The number of hydrogen-bond donors (Lipinski definition) is 3. The van der Waals surface area contributed by atoms with E-state index in [1.54, 1.807) is 0 Å². The third-order valence-corrected chi connectivity index (χ3v) is 6.53. The van der Waals surface area contributed by atoms with Crippen LogP contribution >= 0.6 is 0 Å². The molecule has 3 aromatic rings. The van der Waals surface area contributed by atoms with Gasteiger partial charge in [0.2, 0.25) is 11.5 Å². The molecule has 3 N–H and O–H groups in total. The lowest BCUT2D eigenvalue weighted by molar-refractivity contribution is -0.194. The molecular formula is C30H30O8. The van der Waals surface area contributed by atoms with Crippen LogP contribution in [0.5, 0.6) is 0 Å². The number of benzene rings is 3. The van der Waals surface area contributed by atoms with Crippen LogP contribution in [0.25, 0.3) is 0 Å². The van der Waals surface area contributed by atoms with Crippen LogP contribution in [0.4, 0.5) is 0 Å². The van der Waals surface area contributed by atoms with Crippen molar-refractivity contribution in [2.75, 3.05) is 13.2 Å². The summed E-state index contributed by atoms with van der Waals surface area (Å²) >= 11 is 0. The lowest BCUT2D eigenvalue weighted by atomic mass is 9.80. The molecule has 0 aromatic heterocycles. The lowest BCUT2D eigenvalue weighted by Crippen LogP contribution is -2.55. The monoisotopic (exact) mass is 518 g/mol. The fraction of sp³-hybridized carbons (Fsp3) is 0.267. The van der Waals surface area contributed by atoms with Crippen molar-refractivity contribution >= 4 is 11.9 Å². The van der Waals surface area contributed by atoms with E-state index in [2.05, 4.69) is 0 Å². The highest BCUT2D eigenvalue weighted by atomic mass is 16.6. The molecule has 4 rings (SSSR count). The number of ether oxygens (including phenoxy) is 3. The minimum absolute atomic E-state index is 0.0295. The van der Waals surface area contributed by atoms with Gasteiger partial charge in [0.25, 0.3) is 5.60 Å². The number of esters is 2. The number of cyclic esters (lactones) is 1. The quantitative estimate of drug-likeness (QED) is 0.195. The average Bonchev–Trinajstić information content (AvgIpc) is 3.20. The van der Waals surface area contributed by atoms with Crippen molar-refractivity contribution in [3.05, 3.63) is 119 Å². The first-order chi connectivity index (χ1) is 18.4. The van der Waals surface area contributed by atoms with Crippen molar-refractivity contribution in [3.8, 4) is 0 Å². The normalized spacial score (nSPS) is 18.2. The summed E-state index contributed by atoms with van der Waals surface area (Å²) in [6.07, 6.45) is -0.703. The lowest BCUT2D eigenvalue weighted by Gasteiger charge is -2.38. The molecule has 1 heterocycles. The SMILES string of the molecule is CCCCOC(=O)[C@]1([C@@H](O)COC(c2ccccc2)(c2ccccc2)c2ccccc2)OC(=O)C(O)=C1O. The Bertz CT molecular complexity index is 1180. The van der Waals surface area contributed by atoms with Gasteiger partial charge in [0.05, 0.1) is 13.2 Å². The highest BCUT2D eigenvalue weighted by molar-refractivity contribution is 5.98. The van der Waals surface area contributed by atoms with Crippen LogP contribution in [0.3, 0.4) is 0 Å². The fourth-order valence-corrected chi connectivity index (χ4v) is 4.52. The van der Waals surface area contributed by atoms with E-state index < -0.39 is 47.4 Å². The van der Waals surface area contributed by atoms with E-state index in [0.717, 1.165) is 16.7 Å². The van der Waals surface area contributed by atoms with E-state index in [9.17, 15) is 24.9 Å². The van der Waals surface area contributed by atoms with Gasteiger partial charge in [0, 0.05) is 0 Å². The Hall–Kier alpha value is -4.14. The molecule has 0 bridgehead atoms.